The van der Waals surface area contributed by atoms with Crippen molar-refractivity contribution in [1.29, 1.82) is 0 Å². The highest BCUT2D eigenvalue weighted by atomic mass is 32.2. The Bertz CT molecular complexity index is 442. The molecule has 6 heteroatoms. The third-order valence-electron chi connectivity index (χ3n) is 1.81. The number of nitrogens with one attached hydrogen (secondary N) is 2. The van der Waals surface area contributed by atoms with E-state index in [-0.39, 0.29) is 19.0 Å². The van der Waals surface area contributed by atoms with E-state index >= 15 is 0 Å². The zero-order valence-electron chi connectivity index (χ0n) is 8.93. The van der Waals surface area contributed by atoms with E-state index in [1.807, 2.05) is 6.07 Å². The highest BCUT2D eigenvalue weighted by Crippen LogP contribution is 1.96. The minimum absolute atomic E-state index is 0.192. The van der Waals surface area contributed by atoms with E-state index in [1.165, 1.54) is 0 Å². The van der Waals surface area contributed by atoms with Crippen LogP contribution < -0.4 is 10.0 Å². The summed E-state index contributed by atoms with van der Waals surface area (Å²) in [6.07, 6.45) is 1.08. The van der Waals surface area contributed by atoms with Crippen molar-refractivity contribution < 1.29 is 13.2 Å². The van der Waals surface area contributed by atoms with Gasteiger partial charge in [0.15, 0.2) is 0 Å². The molecular weight excluding hydrogens is 228 g/mol. The molecule has 0 aliphatic carbocycles. The Morgan fingerprint density at radius 1 is 1.19 bits per heavy atom. The van der Waals surface area contributed by atoms with Gasteiger partial charge in [0.1, 0.15) is 0 Å². The molecule has 0 radical (unpaired) electrons. The van der Waals surface area contributed by atoms with Gasteiger partial charge in [-0.05, 0) is 12.1 Å². The average molecular weight is 242 g/mol. The van der Waals surface area contributed by atoms with Crippen LogP contribution in [0.5, 0.6) is 0 Å². The summed E-state index contributed by atoms with van der Waals surface area (Å²) in [7, 11) is -3.19. The second kappa shape index (κ2) is 5.62. The molecule has 0 spiro atoms. The lowest BCUT2D eigenvalue weighted by Gasteiger charge is -2.05. The number of amides is 1. The smallest absolute Gasteiger partial charge is 0.251 e. The van der Waals surface area contributed by atoms with Crippen LogP contribution >= 0.6 is 0 Å². The summed E-state index contributed by atoms with van der Waals surface area (Å²) >= 11 is 0. The summed E-state index contributed by atoms with van der Waals surface area (Å²) in [4.78, 5) is 11.5. The van der Waals surface area contributed by atoms with Crippen molar-refractivity contribution in [2.45, 2.75) is 0 Å². The third-order valence-corrected chi connectivity index (χ3v) is 2.54. The normalized spacial score (nSPS) is 11.1. The van der Waals surface area contributed by atoms with Crippen LogP contribution in [0.25, 0.3) is 0 Å². The van der Waals surface area contributed by atoms with E-state index in [4.69, 9.17) is 0 Å². The second-order valence-corrected chi connectivity index (χ2v) is 5.12. The number of carbonyl (C=O) groups excluding carboxylic acids is 1. The van der Waals surface area contributed by atoms with Crippen LogP contribution in [-0.4, -0.2) is 33.7 Å². The molecule has 1 rings (SSSR count). The topological polar surface area (TPSA) is 75.3 Å². The Morgan fingerprint density at radius 3 is 2.38 bits per heavy atom. The van der Waals surface area contributed by atoms with Gasteiger partial charge in [0.2, 0.25) is 10.0 Å². The first-order valence-corrected chi connectivity index (χ1v) is 6.66. The van der Waals surface area contributed by atoms with Crippen LogP contribution in [0.3, 0.4) is 0 Å². The Morgan fingerprint density at radius 2 is 1.81 bits per heavy atom. The van der Waals surface area contributed by atoms with Crippen LogP contribution in [-0.2, 0) is 10.0 Å². The molecule has 1 aromatic rings. The summed E-state index contributed by atoms with van der Waals surface area (Å²) in [6, 6.07) is 8.74. The summed E-state index contributed by atoms with van der Waals surface area (Å²) in [5.41, 5.74) is 0.557. The molecule has 0 heterocycles. The number of sulfonamides is 1. The van der Waals surface area contributed by atoms with Crippen LogP contribution in [0.15, 0.2) is 30.3 Å². The monoisotopic (exact) mass is 242 g/mol. The number of carbonyl (C=O) groups is 1. The fourth-order valence-electron chi connectivity index (χ4n) is 1.10. The minimum atomic E-state index is -3.19. The van der Waals surface area contributed by atoms with Gasteiger partial charge < -0.3 is 5.32 Å². The molecule has 88 valence electrons. The molecule has 0 aliphatic heterocycles. The molecule has 0 fully saturated rings. The lowest BCUT2D eigenvalue weighted by Crippen LogP contribution is -2.34. The molecule has 0 unspecified atom stereocenters. The number of rotatable bonds is 5. The van der Waals surface area contributed by atoms with Crippen LogP contribution in [0.1, 0.15) is 10.4 Å². The van der Waals surface area contributed by atoms with Crippen molar-refractivity contribution in [3.05, 3.63) is 35.9 Å². The van der Waals surface area contributed by atoms with E-state index in [0.717, 1.165) is 6.26 Å². The molecule has 1 aromatic carbocycles. The van der Waals surface area contributed by atoms with Gasteiger partial charge in [-0.15, -0.1) is 0 Å². The zero-order chi connectivity index (χ0) is 12.0. The first-order valence-electron chi connectivity index (χ1n) is 4.77. The number of hydrogen-bond donors (Lipinski definition) is 2. The van der Waals surface area contributed by atoms with Crippen molar-refractivity contribution in [1.82, 2.24) is 10.0 Å². The van der Waals surface area contributed by atoms with E-state index < -0.39 is 10.0 Å². The van der Waals surface area contributed by atoms with Crippen molar-refractivity contribution in [3.63, 3.8) is 0 Å². The quantitative estimate of drug-likeness (QED) is 0.712. The number of benzene rings is 1. The molecule has 0 atom stereocenters. The van der Waals surface area contributed by atoms with Crippen LogP contribution in [0.2, 0.25) is 0 Å². The summed E-state index contributed by atoms with van der Waals surface area (Å²) in [5.74, 6) is -0.212. The fraction of sp³-hybridized carbons (Fsp3) is 0.300. The number of hydrogen-bond acceptors (Lipinski definition) is 3. The van der Waals surface area contributed by atoms with Gasteiger partial charge in [-0.1, -0.05) is 18.2 Å². The fourth-order valence-corrected chi connectivity index (χ4v) is 1.58. The van der Waals surface area contributed by atoms with Crippen LogP contribution in [0.4, 0.5) is 0 Å². The molecule has 0 saturated heterocycles. The van der Waals surface area contributed by atoms with Crippen molar-refractivity contribution in [3.8, 4) is 0 Å². The van der Waals surface area contributed by atoms with E-state index in [1.54, 1.807) is 24.3 Å². The predicted molar refractivity (Wildman–Crippen MR) is 61.6 cm³/mol. The summed E-state index contributed by atoms with van der Waals surface area (Å²) < 4.78 is 23.7. The second-order valence-electron chi connectivity index (χ2n) is 3.29. The molecule has 0 bridgehead atoms. The first kappa shape index (κ1) is 12.7. The lowest BCUT2D eigenvalue weighted by molar-refractivity contribution is 0.0954. The maximum absolute atomic E-state index is 11.5. The van der Waals surface area contributed by atoms with Crippen molar-refractivity contribution >= 4 is 15.9 Å². The molecule has 5 nitrogen and oxygen atoms in total. The van der Waals surface area contributed by atoms with Gasteiger partial charge in [0.05, 0.1) is 6.26 Å². The van der Waals surface area contributed by atoms with E-state index in [9.17, 15) is 13.2 Å². The van der Waals surface area contributed by atoms with Crippen molar-refractivity contribution in [2.24, 2.45) is 0 Å². The highest BCUT2D eigenvalue weighted by molar-refractivity contribution is 7.88. The van der Waals surface area contributed by atoms with Gasteiger partial charge in [-0.3, -0.25) is 4.79 Å². The first-order chi connectivity index (χ1) is 7.49. The van der Waals surface area contributed by atoms with Crippen molar-refractivity contribution in [2.75, 3.05) is 19.3 Å². The average Bonchev–Trinajstić information content (AvgIpc) is 2.24. The summed E-state index contributed by atoms with van der Waals surface area (Å²) in [5, 5.41) is 2.61. The Kier molecular flexibility index (Phi) is 4.45. The minimum Gasteiger partial charge on any atom is -0.351 e. The van der Waals surface area contributed by atoms with E-state index in [2.05, 4.69) is 10.0 Å². The Balaban J connectivity index is 2.32. The Hall–Kier alpha value is -1.40. The largest absolute Gasteiger partial charge is 0.351 e. The van der Waals surface area contributed by atoms with Gasteiger partial charge in [-0.2, -0.15) is 0 Å². The predicted octanol–water partition coefficient (Wildman–Crippen LogP) is -0.0344. The van der Waals surface area contributed by atoms with Gasteiger partial charge in [0, 0.05) is 18.7 Å². The Labute approximate surface area is 94.9 Å². The third kappa shape index (κ3) is 4.90. The SMILES string of the molecule is CS(=O)(=O)NCCNC(=O)c1ccccc1. The highest BCUT2D eigenvalue weighted by Gasteiger charge is 2.04. The maximum Gasteiger partial charge on any atom is 0.251 e. The summed E-state index contributed by atoms with van der Waals surface area (Å²) in [6.45, 7) is 0.457. The lowest BCUT2D eigenvalue weighted by atomic mass is 10.2. The molecule has 1 amide bonds. The van der Waals surface area contributed by atoms with Gasteiger partial charge >= 0.3 is 0 Å². The molecule has 2 N–H and O–H groups in total. The molecule has 16 heavy (non-hydrogen) atoms. The standard InChI is InChI=1S/C10H14N2O3S/c1-16(14,15)12-8-7-11-10(13)9-5-3-2-4-6-9/h2-6,12H,7-8H2,1H3,(H,11,13). The molecule has 0 aliphatic rings. The maximum atomic E-state index is 11.5. The van der Waals surface area contributed by atoms with Crippen LogP contribution in [0, 0.1) is 0 Å². The molecule has 0 aromatic heterocycles. The van der Waals surface area contributed by atoms with Gasteiger partial charge in [-0.25, -0.2) is 13.1 Å². The van der Waals surface area contributed by atoms with E-state index in [0.29, 0.717) is 5.56 Å². The van der Waals surface area contributed by atoms with Gasteiger partial charge in [0.25, 0.3) is 5.91 Å². The molecular formula is C10H14N2O3S. The zero-order valence-corrected chi connectivity index (χ0v) is 9.75. The molecule has 0 saturated carbocycles.